The predicted molar refractivity (Wildman–Crippen MR) is 121 cm³/mol. The molecule has 3 aromatic heterocycles. The zero-order valence-corrected chi connectivity index (χ0v) is 18.8. The normalized spacial score (nSPS) is 14.5. The van der Waals surface area contributed by atoms with E-state index in [4.69, 9.17) is 22.1 Å². The smallest absolute Gasteiger partial charge is 0.260 e. The number of rotatable bonds is 4. The van der Waals surface area contributed by atoms with Crippen molar-refractivity contribution in [2.75, 3.05) is 17.7 Å². The van der Waals surface area contributed by atoms with Crippen molar-refractivity contribution in [3.8, 4) is 5.75 Å². The number of aromatic amines is 1. The van der Waals surface area contributed by atoms with Gasteiger partial charge in [0.25, 0.3) is 5.91 Å². The minimum Gasteiger partial charge on any atom is -0.496 e. The number of nitrogens with zero attached hydrogens (tertiary/aromatic N) is 4. The standard InChI is InChI=1S/C22H23ClN6O2/c1-10-6-12(3)26-15(10)7-14-17-19(23)27-22(24)28-20(17)29(21(14)30)9-16-13(4)18(31-5)11(2)8-25-16/h6-8,26H,9H2,1-5H3,(H2,24,27,28)/b14-7-. The fourth-order valence-electron chi connectivity index (χ4n) is 3.92. The number of methoxy groups -OCH3 is 1. The summed E-state index contributed by atoms with van der Waals surface area (Å²) in [5.41, 5.74) is 12.0. The van der Waals surface area contributed by atoms with Crippen molar-refractivity contribution in [2.45, 2.75) is 34.2 Å². The topological polar surface area (TPSA) is 110 Å². The summed E-state index contributed by atoms with van der Waals surface area (Å²) < 4.78 is 5.51. The molecule has 0 saturated heterocycles. The molecule has 8 nitrogen and oxygen atoms in total. The largest absolute Gasteiger partial charge is 0.496 e. The summed E-state index contributed by atoms with van der Waals surface area (Å²) in [6.07, 6.45) is 3.51. The molecule has 3 aromatic rings. The van der Waals surface area contributed by atoms with Crippen LogP contribution in [0.5, 0.6) is 5.75 Å². The average Bonchev–Trinajstić information content (AvgIpc) is 3.15. The molecule has 0 spiro atoms. The molecule has 1 amide bonds. The Morgan fingerprint density at radius 3 is 2.61 bits per heavy atom. The maximum absolute atomic E-state index is 13.5. The van der Waals surface area contributed by atoms with E-state index in [1.807, 2.05) is 33.8 Å². The molecule has 1 aliphatic heterocycles. The summed E-state index contributed by atoms with van der Waals surface area (Å²) in [5.74, 6) is 0.867. The summed E-state index contributed by atoms with van der Waals surface area (Å²) in [4.78, 5) is 31.2. The summed E-state index contributed by atoms with van der Waals surface area (Å²) in [6, 6.07) is 2.01. The van der Waals surface area contributed by atoms with E-state index in [0.717, 1.165) is 33.8 Å². The van der Waals surface area contributed by atoms with Crippen LogP contribution < -0.4 is 15.4 Å². The number of aryl methyl sites for hydroxylation is 3. The molecule has 0 radical (unpaired) electrons. The van der Waals surface area contributed by atoms with E-state index in [1.54, 1.807) is 19.4 Å². The molecule has 0 unspecified atom stereocenters. The van der Waals surface area contributed by atoms with Crippen LogP contribution in [0.4, 0.5) is 11.8 Å². The molecule has 0 aromatic carbocycles. The van der Waals surface area contributed by atoms with Gasteiger partial charge in [-0.25, -0.2) is 4.98 Å². The Hall–Kier alpha value is -3.39. The molecule has 0 aliphatic carbocycles. The van der Waals surface area contributed by atoms with Crippen LogP contribution in [0.25, 0.3) is 11.6 Å². The number of halogens is 1. The van der Waals surface area contributed by atoms with Crippen LogP contribution in [0.1, 0.15) is 39.3 Å². The van der Waals surface area contributed by atoms with Crippen LogP contribution in [-0.2, 0) is 11.3 Å². The van der Waals surface area contributed by atoms with Crippen LogP contribution in [0.3, 0.4) is 0 Å². The highest BCUT2D eigenvalue weighted by Crippen LogP contribution is 2.41. The first-order valence-electron chi connectivity index (χ1n) is 9.73. The first-order valence-corrected chi connectivity index (χ1v) is 10.1. The van der Waals surface area contributed by atoms with Crippen LogP contribution in [-0.4, -0.2) is 33.0 Å². The van der Waals surface area contributed by atoms with Gasteiger partial charge in [-0.2, -0.15) is 4.98 Å². The van der Waals surface area contributed by atoms with Crippen molar-refractivity contribution in [3.05, 3.63) is 56.8 Å². The lowest BCUT2D eigenvalue weighted by atomic mass is 10.1. The number of ether oxygens (including phenoxy) is 1. The van der Waals surface area contributed by atoms with Gasteiger partial charge in [-0.3, -0.25) is 14.7 Å². The quantitative estimate of drug-likeness (QED) is 0.474. The fraction of sp³-hybridized carbons (Fsp3) is 0.273. The van der Waals surface area contributed by atoms with Crippen LogP contribution >= 0.6 is 11.6 Å². The zero-order valence-electron chi connectivity index (χ0n) is 18.0. The lowest BCUT2D eigenvalue weighted by Gasteiger charge is -2.19. The maximum atomic E-state index is 13.5. The molecule has 0 fully saturated rings. The second-order valence-electron chi connectivity index (χ2n) is 7.62. The molecular formula is C22H23ClN6O2. The third-order valence-electron chi connectivity index (χ3n) is 5.40. The maximum Gasteiger partial charge on any atom is 0.260 e. The fourth-order valence-corrected chi connectivity index (χ4v) is 4.19. The van der Waals surface area contributed by atoms with E-state index in [-0.39, 0.29) is 23.6 Å². The number of carbonyl (C=O) groups is 1. The van der Waals surface area contributed by atoms with Gasteiger partial charge in [0.1, 0.15) is 10.9 Å². The van der Waals surface area contributed by atoms with Gasteiger partial charge in [0.05, 0.1) is 30.5 Å². The molecular weight excluding hydrogens is 416 g/mol. The Kier molecular flexibility index (Phi) is 5.18. The Morgan fingerprint density at radius 2 is 1.97 bits per heavy atom. The van der Waals surface area contributed by atoms with Crippen molar-refractivity contribution in [1.29, 1.82) is 0 Å². The van der Waals surface area contributed by atoms with E-state index in [1.165, 1.54) is 4.90 Å². The number of pyridine rings is 1. The molecule has 0 saturated carbocycles. The van der Waals surface area contributed by atoms with Gasteiger partial charge < -0.3 is 15.5 Å². The molecule has 0 bridgehead atoms. The van der Waals surface area contributed by atoms with Gasteiger partial charge in [-0.1, -0.05) is 11.6 Å². The van der Waals surface area contributed by atoms with E-state index < -0.39 is 0 Å². The molecule has 9 heteroatoms. The lowest BCUT2D eigenvalue weighted by molar-refractivity contribution is -0.113. The molecule has 4 heterocycles. The Morgan fingerprint density at radius 1 is 1.23 bits per heavy atom. The average molecular weight is 439 g/mol. The summed E-state index contributed by atoms with van der Waals surface area (Å²) in [5, 5.41) is 0.136. The van der Waals surface area contributed by atoms with Crippen molar-refractivity contribution in [1.82, 2.24) is 19.9 Å². The highest BCUT2D eigenvalue weighted by Gasteiger charge is 2.37. The monoisotopic (exact) mass is 438 g/mol. The Bertz CT molecular complexity index is 1250. The third kappa shape index (κ3) is 3.53. The van der Waals surface area contributed by atoms with E-state index in [9.17, 15) is 4.79 Å². The van der Waals surface area contributed by atoms with Crippen molar-refractivity contribution in [2.24, 2.45) is 0 Å². The summed E-state index contributed by atoms with van der Waals surface area (Å²) in [6.45, 7) is 7.97. The van der Waals surface area contributed by atoms with Crippen LogP contribution in [0, 0.1) is 27.7 Å². The van der Waals surface area contributed by atoms with Crippen molar-refractivity contribution >= 4 is 40.9 Å². The molecule has 3 N–H and O–H groups in total. The van der Waals surface area contributed by atoms with Gasteiger partial charge in [0.2, 0.25) is 5.95 Å². The number of hydrogen-bond acceptors (Lipinski definition) is 6. The number of nitrogens with one attached hydrogen (secondary N) is 1. The SMILES string of the molecule is COc1c(C)cnc(CN2C(=O)/C(=C\c3[nH]c(C)cc3C)c3c(Cl)nc(N)nc32)c1C. The molecule has 4 rings (SSSR count). The molecule has 31 heavy (non-hydrogen) atoms. The van der Waals surface area contributed by atoms with Crippen molar-refractivity contribution in [3.63, 3.8) is 0 Å². The lowest BCUT2D eigenvalue weighted by Crippen LogP contribution is -2.27. The van der Waals surface area contributed by atoms with Crippen molar-refractivity contribution < 1.29 is 9.53 Å². The van der Waals surface area contributed by atoms with Crippen LogP contribution in [0.2, 0.25) is 5.15 Å². The molecule has 0 atom stereocenters. The van der Waals surface area contributed by atoms with Gasteiger partial charge >= 0.3 is 0 Å². The number of anilines is 2. The Balaban J connectivity index is 1.85. The second-order valence-corrected chi connectivity index (χ2v) is 7.97. The number of fused-ring (bicyclic) bond motifs is 1. The highest BCUT2D eigenvalue weighted by molar-refractivity contribution is 6.41. The minimum absolute atomic E-state index is 0.000802. The Labute approximate surface area is 185 Å². The van der Waals surface area contributed by atoms with E-state index >= 15 is 0 Å². The van der Waals surface area contributed by atoms with Gasteiger partial charge in [-0.15, -0.1) is 0 Å². The number of nitrogens with two attached hydrogens (primary N) is 1. The van der Waals surface area contributed by atoms with E-state index in [0.29, 0.717) is 22.6 Å². The number of H-pyrrole nitrogens is 1. The van der Waals surface area contributed by atoms with Gasteiger partial charge in [0, 0.05) is 28.7 Å². The van der Waals surface area contributed by atoms with Crippen LogP contribution in [0.15, 0.2) is 12.3 Å². The minimum atomic E-state index is -0.246. The number of hydrogen-bond donors (Lipinski definition) is 2. The number of carbonyl (C=O) groups excluding carboxylic acids is 1. The number of amides is 1. The van der Waals surface area contributed by atoms with E-state index in [2.05, 4.69) is 19.9 Å². The first kappa shape index (κ1) is 20.9. The van der Waals surface area contributed by atoms with Gasteiger partial charge in [-0.05, 0) is 45.4 Å². The zero-order chi connectivity index (χ0) is 22.4. The molecule has 1 aliphatic rings. The number of nitrogen functional groups attached to an aromatic ring is 1. The highest BCUT2D eigenvalue weighted by atomic mass is 35.5. The number of aromatic nitrogens is 4. The summed E-state index contributed by atoms with van der Waals surface area (Å²) >= 11 is 6.42. The predicted octanol–water partition coefficient (Wildman–Crippen LogP) is 3.76. The first-order chi connectivity index (χ1) is 14.7. The van der Waals surface area contributed by atoms with Gasteiger partial charge in [0.15, 0.2) is 5.82 Å². The molecule has 160 valence electrons. The third-order valence-corrected chi connectivity index (χ3v) is 5.67. The summed E-state index contributed by atoms with van der Waals surface area (Å²) in [7, 11) is 1.62. The second kappa shape index (κ2) is 7.70.